The van der Waals surface area contributed by atoms with Gasteiger partial charge in [-0.1, -0.05) is 12.1 Å². The zero-order chi connectivity index (χ0) is 19.6. The van der Waals surface area contributed by atoms with Gasteiger partial charge in [0.2, 0.25) is 0 Å². The number of amides is 1. The zero-order valence-electron chi connectivity index (χ0n) is 14.5. The zero-order valence-corrected chi connectivity index (χ0v) is 16.1. The lowest BCUT2D eigenvalue weighted by Crippen LogP contribution is -2.17. The van der Waals surface area contributed by atoms with Gasteiger partial charge in [-0.3, -0.25) is 9.52 Å². The molecule has 0 bridgehead atoms. The van der Waals surface area contributed by atoms with Crippen molar-refractivity contribution < 1.29 is 17.6 Å². The number of hydrogen-bond donors (Lipinski definition) is 1. The number of para-hydroxylation sites is 1. The first-order valence-corrected chi connectivity index (χ1v) is 10.1. The monoisotopic (exact) mass is 404 g/mol. The molecule has 0 saturated carbocycles. The normalized spacial score (nSPS) is 11.3. The number of carbonyl (C=O) groups excluding carboxylic acids is 1. The molecule has 0 spiro atoms. The van der Waals surface area contributed by atoms with Crippen LogP contribution in [0.2, 0.25) is 0 Å². The van der Waals surface area contributed by atoms with Crippen molar-refractivity contribution in [2.24, 2.45) is 0 Å². The Hall–Kier alpha value is -2.78. The summed E-state index contributed by atoms with van der Waals surface area (Å²) in [7, 11) is -0.660. The Kier molecular flexibility index (Phi) is 5.24. The van der Waals surface area contributed by atoms with Crippen LogP contribution in [0.25, 0.3) is 11.0 Å². The molecule has 0 aliphatic rings. The van der Waals surface area contributed by atoms with Crippen molar-refractivity contribution in [1.29, 1.82) is 0 Å². The molecular formula is C18H16N2O5S2. The van der Waals surface area contributed by atoms with E-state index in [0.29, 0.717) is 21.6 Å². The number of anilines is 1. The van der Waals surface area contributed by atoms with Crippen molar-refractivity contribution in [3.63, 3.8) is 0 Å². The van der Waals surface area contributed by atoms with Crippen LogP contribution in [0, 0.1) is 0 Å². The van der Waals surface area contributed by atoms with Gasteiger partial charge in [0.05, 0.1) is 10.6 Å². The van der Waals surface area contributed by atoms with Crippen molar-refractivity contribution in [2.75, 3.05) is 18.8 Å². The Balaban J connectivity index is 1.94. The Morgan fingerprint density at radius 2 is 1.81 bits per heavy atom. The van der Waals surface area contributed by atoms with Gasteiger partial charge in [-0.15, -0.1) is 0 Å². The minimum absolute atomic E-state index is 0.0163. The third-order valence-corrected chi connectivity index (χ3v) is 6.07. The first kappa shape index (κ1) is 19.0. The average molecular weight is 404 g/mol. The van der Waals surface area contributed by atoms with E-state index in [1.807, 2.05) is 0 Å². The first-order chi connectivity index (χ1) is 12.8. The van der Waals surface area contributed by atoms with Crippen LogP contribution in [-0.2, 0) is 10.0 Å². The van der Waals surface area contributed by atoms with E-state index in [4.69, 9.17) is 4.42 Å². The maximum absolute atomic E-state index is 12.8. The van der Waals surface area contributed by atoms with Crippen molar-refractivity contribution >= 4 is 43.7 Å². The van der Waals surface area contributed by atoms with E-state index in [0.717, 1.165) is 11.8 Å². The number of nitrogens with zero attached hydrogens (tertiary/aromatic N) is 1. The van der Waals surface area contributed by atoms with Gasteiger partial charge in [0.15, 0.2) is 0 Å². The lowest BCUT2D eigenvalue weighted by Gasteiger charge is -2.14. The van der Waals surface area contributed by atoms with Crippen molar-refractivity contribution in [2.45, 2.75) is 9.79 Å². The molecular weight excluding hydrogens is 388 g/mol. The molecule has 2 aromatic carbocycles. The highest BCUT2D eigenvalue weighted by Gasteiger charge is 2.18. The molecule has 1 heterocycles. The predicted molar refractivity (Wildman–Crippen MR) is 105 cm³/mol. The summed E-state index contributed by atoms with van der Waals surface area (Å²) < 4.78 is 33.1. The molecule has 0 fully saturated rings. The van der Waals surface area contributed by atoms with Gasteiger partial charge in [0.25, 0.3) is 15.3 Å². The van der Waals surface area contributed by atoms with Crippen LogP contribution >= 0.6 is 11.8 Å². The van der Waals surface area contributed by atoms with E-state index in [1.165, 1.54) is 35.2 Å². The highest BCUT2D eigenvalue weighted by atomic mass is 32.2. The van der Waals surface area contributed by atoms with Crippen LogP contribution in [0.5, 0.6) is 0 Å². The lowest BCUT2D eigenvalue weighted by molar-refractivity contribution is 0.241. The summed E-state index contributed by atoms with van der Waals surface area (Å²) in [5.74, 6) is 0. The molecule has 0 aliphatic heterocycles. The number of benzene rings is 2. The second-order valence-electron chi connectivity index (χ2n) is 5.82. The van der Waals surface area contributed by atoms with E-state index in [2.05, 4.69) is 4.72 Å². The number of thioether (sulfide) groups is 1. The molecule has 140 valence electrons. The number of nitrogens with one attached hydrogen (secondary N) is 1. The third kappa shape index (κ3) is 4.32. The quantitative estimate of drug-likeness (QED) is 0.529. The molecule has 0 aliphatic carbocycles. The Morgan fingerprint density at radius 1 is 1.07 bits per heavy atom. The Labute approximate surface area is 160 Å². The predicted octanol–water partition coefficient (Wildman–Crippen LogP) is 3.37. The molecule has 0 unspecified atom stereocenters. The van der Waals surface area contributed by atoms with Gasteiger partial charge in [-0.2, -0.15) is 0 Å². The van der Waals surface area contributed by atoms with E-state index < -0.39 is 15.6 Å². The van der Waals surface area contributed by atoms with E-state index in [-0.39, 0.29) is 10.1 Å². The van der Waals surface area contributed by atoms with Gasteiger partial charge >= 0.3 is 5.63 Å². The summed E-state index contributed by atoms with van der Waals surface area (Å²) in [6.45, 7) is 0. The van der Waals surface area contributed by atoms with E-state index in [9.17, 15) is 18.0 Å². The van der Waals surface area contributed by atoms with Crippen LogP contribution in [-0.4, -0.2) is 32.7 Å². The fraction of sp³-hybridized carbons (Fsp3) is 0.111. The summed E-state index contributed by atoms with van der Waals surface area (Å²) in [6, 6.07) is 13.6. The van der Waals surface area contributed by atoms with Crippen LogP contribution in [0.15, 0.2) is 73.6 Å². The van der Waals surface area contributed by atoms with E-state index >= 15 is 0 Å². The number of hydrogen-bond acceptors (Lipinski definition) is 6. The van der Waals surface area contributed by atoms with Crippen molar-refractivity contribution in [3.05, 3.63) is 65.0 Å². The summed E-state index contributed by atoms with van der Waals surface area (Å²) >= 11 is 0.929. The smallest absolute Gasteiger partial charge is 0.336 e. The van der Waals surface area contributed by atoms with Crippen LogP contribution < -0.4 is 10.3 Å². The molecule has 3 rings (SSSR count). The molecule has 27 heavy (non-hydrogen) atoms. The molecule has 1 N–H and O–H groups in total. The molecule has 1 aromatic heterocycles. The van der Waals surface area contributed by atoms with Gasteiger partial charge in [-0.25, -0.2) is 13.2 Å². The van der Waals surface area contributed by atoms with Gasteiger partial charge in [0, 0.05) is 30.4 Å². The van der Waals surface area contributed by atoms with Crippen LogP contribution in [0.4, 0.5) is 10.5 Å². The highest BCUT2D eigenvalue weighted by molar-refractivity contribution is 8.13. The molecule has 9 heteroatoms. The van der Waals surface area contributed by atoms with Gasteiger partial charge < -0.3 is 9.32 Å². The Bertz CT molecular complexity index is 1170. The summed E-state index contributed by atoms with van der Waals surface area (Å²) in [5.41, 5.74) is 0.0964. The Morgan fingerprint density at radius 3 is 2.56 bits per heavy atom. The number of carbonyl (C=O) groups is 1. The molecule has 3 aromatic rings. The highest BCUT2D eigenvalue weighted by Crippen LogP contribution is 2.30. The second-order valence-corrected chi connectivity index (χ2v) is 8.49. The molecule has 0 atom stereocenters. The molecule has 0 saturated heterocycles. The molecule has 1 amide bonds. The largest absolute Gasteiger partial charge is 0.423 e. The second kappa shape index (κ2) is 7.45. The minimum Gasteiger partial charge on any atom is -0.423 e. The van der Waals surface area contributed by atoms with Crippen LogP contribution in [0.3, 0.4) is 0 Å². The average Bonchev–Trinajstić information content (AvgIpc) is 2.62. The minimum atomic E-state index is -3.90. The molecule has 0 radical (unpaired) electrons. The standard InChI is InChI=1S/C18H16N2O5S2/c1-20(2)18(22)26-16-6-4-3-5-14(16)19-27(23,24)13-8-9-15-12(11-13)7-10-17(21)25-15/h3-11,19H,1-2H3. The summed E-state index contributed by atoms with van der Waals surface area (Å²) in [5, 5.41) is 0.269. The van der Waals surface area contributed by atoms with Crippen molar-refractivity contribution in [1.82, 2.24) is 4.90 Å². The topological polar surface area (TPSA) is 96.7 Å². The number of fused-ring (bicyclic) bond motifs is 1. The first-order valence-electron chi connectivity index (χ1n) is 7.81. The summed E-state index contributed by atoms with van der Waals surface area (Å²) in [4.78, 5) is 25.1. The maximum atomic E-state index is 12.8. The molecule has 7 nitrogen and oxygen atoms in total. The van der Waals surface area contributed by atoms with Crippen molar-refractivity contribution in [3.8, 4) is 0 Å². The summed E-state index contributed by atoms with van der Waals surface area (Å²) in [6.07, 6.45) is 0. The van der Waals surface area contributed by atoms with Crippen LogP contribution in [0.1, 0.15) is 0 Å². The number of sulfonamides is 1. The lowest BCUT2D eigenvalue weighted by atomic mass is 10.2. The number of rotatable bonds is 4. The maximum Gasteiger partial charge on any atom is 0.336 e. The van der Waals surface area contributed by atoms with Gasteiger partial charge in [-0.05, 0) is 48.2 Å². The fourth-order valence-electron chi connectivity index (χ4n) is 2.25. The van der Waals surface area contributed by atoms with E-state index in [1.54, 1.807) is 38.4 Å². The van der Waals surface area contributed by atoms with Gasteiger partial charge in [0.1, 0.15) is 5.58 Å². The fourth-order valence-corrected chi connectivity index (χ4v) is 4.17. The third-order valence-electron chi connectivity index (χ3n) is 3.59. The SMILES string of the molecule is CN(C)C(=O)Sc1ccccc1NS(=O)(=O)c1ccc2oc(=O)ccc2c1.